The third-order valence-corrected chi connectivity index (χ3v) is 5.73. The number of likely N-dealkylation sites (tertiary alicyclic amines) is 1. The molecule has 4 rings (SSSR count). The number of hydrogen-bond donors (Lipinski definition) is 2. The number of amides is 1. The Kier molecular flexibility index (Phi) is 5.79. The fraction of sp³-hybridized carbons (Fsp3) is 0.375. The van der Waals surface area contributed by atoms with Gasteiger partial charge in [0.25, 0.3) is 0 Å². The van der Waals surface area contributed by atoms with E-state index in [9.17, 15) is 14.4 Å². The average Bonchev–Trinajstić information content (AvgIpc) is 2.73. The number of anilines is 1. The van der Waals surface area contributed by atoms with Crippen molar-refractivity contribution in [3.63, 3.8) is 0 Å². The monoisotopic (exact) mass is 405 g/mol. The van der Waals surface area contributed by atoms with E-state index >= 15 is 0 Å². The molecule has 6 nitrogen and oxygen atoms in total. The van der Waals surface area contributed by atoms with Gasteiger partial charge < -0.3 is 10.6 Å². The van der Waals surface area contributed by atoms with Crippen LogP contribution in [0.15, 0.2) is 42.5 Å². The summed E-state index contributed by atoms with van der Waals surface area (Å²) in [7, 11) is 0. The summed E-state index contributed by atoms with van der Waals surface area (Å²) in [6, 6.07) is 12.8. The van der Waals surface area contributed by atoms with E-state index < -0.39 is 0 Å². The minimum absolute atomic E-state index is 0.111. The molecular weight excluding hydrogens is 378 g/mol. The van der Waals surface area contributed by atoms with Gasteiger partial charge in [0.1, 0.15) is 0 Å². The summed E-state index contributed by atoms with van der Waals surface area (Å²) in [5.74, 6) is -0.452. The van der Waals surface area contributed by atoms with Crippen molar-refractivity contribution >= 4 is 23.2 Å². The van der Waals surface area contributed by atoms with Crippen molar-refractivity contribution in [3.8, 4) is 0 Å². The molecule has 0 atom stereocenters. The number of fused-ring (bicyclic) bond motifs is 2. The van der Waals surface area contributed by atoms with E-state index in [0.717, 1.165) is 25.9 Å². The van der Waals surface area contributed by atoms with E-state index in [4.69, 9.17) is 0 Å². The molecule has 1 aliphatic carbocycles. The Morgan fingerprint density at radius 3 is 2.20 bits per heavy atom. The number of nitrogens with one attached hydrogen (secondary N) is 2. The number of nitrogens with zero attached hydrogens (tertiary/aromatic N) is 1. The molecule has 0 unspecified atom stereocenters. The van der Waals surface area contributed by atoms with Crippen LogP contribution in [0.5, 0.6) is 0 Å². The first-order valence-electron chi connectivity index (χ1n) is 10.5. The molecular formula is C24H27N3O3. The molecule has 1 fully saturated rings. The second kappa shape index (κ2) is 8.50. The number of ketones is 2. The molecule has 2 N–H and O–H groups in total. The molecule has 0 saturated carbocycles. The van der Waals surface area contributed by atoms with Crippen LogP contribution < -0.4 is 10.6 Å². The average molecular weight is 405 g/mol. The summed E-state index contributed by atoms with van der Waals surface area (Å²) in [5.41, 5.74) is 2.11. The Labute approximate surface area is 176 Å². The molecule has 1 amide bonds. The van der Waals surface area contributed by atoms with Gasteiger partial charge >= 0.3 is 0 Å². The SMILES string of the molecule is CC(C)NC1CCN(CC(=O)Nc2ccc3c(c2)C(=O)c2ccccc2C3=O)CC1. The maximum Gasteiger partial charge on any atom is 0.238 e. The zero-order valence-electron chi connectivity index (χ0n) is 17.4. The smallest absolute Gasteiger partial charge is 0.238 e. The van der Waals surface area contributed by atoms with E-state index in [1.54, 1.807) is 42.5 Å². The van der Waals surface area contributed by atoms with E-state index in [1.165, 1.54) is 0 Å². The molecule has 2 aromatic carbocycles. The summed E-state index contributed by atoms with van der Waals surface area (Å²) in [6.45, 7) is 6.38. The van der Waals surface area contributed by atoms with Crippen LogP contribution in [-0.4, -0.2) is 54.1 Å². The molecule has 2 aliphatic rings. The number of rotatable bonds is 5. The molecule has 0 spiro atoms. The standard InChI is InChI=1S/C24H27N3O3/c1-15(2)25-16-9-11-27(12-10-16)14-22(28)26-17-7-8-20-21(13-17)24(30)19-6-4-3-5-18(19)23(20)29/h3-8,13,15-16,25H,9-12,14H2,1-2H3,(H,26,28). The first-order valence-corrected chi connectivity index (χ1v) is 10.5. The van der Waals surface area contributed by atoms with Gasteiger partial charge in [-0.15, -0.1) is 0 Å². The van der Waals surface area contributed by atoms with Gasteiger partial charge in [-0.2, -0.15) is 0 Å². The third kappa shape index (κ3) is 4.20. The molecule has 1 saturated heterocycles. The fourth-order valence-electron chi connectivity index (χ4n) is 4.31. The summed E-state index contributed by atoms with van der Waals surface area (Å²) in [5, 5.41) is 6.43. The van der Waals surface area contributed by atoms with E-state index in [1.807, 2.05) is 0 Å². The maximum absolute atomic E-state index is 12.8. The topological polar surface area (TPSA) is 78.5 Å². The second-order valence-electron chi connectivity index (χ2n) is 8.38. The van der Waals surface area contributed by atoms with Crippen LogP contribution in [-0.2, 0) is 4.79 Å². The lowest BCUT2D eigenvalue weighted by Crippen LogP contribution is -2.46. The Balaban J connectivity index is 1.40. The highest BCUT2D eigenvalue weighted by atomic mass is 16.2. The van der Waals surface area contributed by atoms with Crippen LogP contribution in [0.3, 0.4) is 0 Å². The first kappa shape index (κ1) is 20.4. The van der Waals surface area contributed by atoms with Crippen molar-refractivity contribution in [1.29, 1.82) is 0 Å². The van der Waals surface area contributed by atoms with Crippen LogP contribution >= 0.6 is 0 Å². The molecule has 6 heteroatoms. The van der Waals surface area contributed by atoms with Crippen LogP contribution in [0.2, 0.25) is 0 Å². The van der Waals surface area contributed by atoms with Gasteiger partial charge in [-0.1, -0.05) is 38.1 Å². The Morgan fingerprint density at radius 1 is 0.967 bits per heavy atom. The number of benzene rings is 2. The molecule has 2 aromatic rings. The fourth-order valence-corrected chi connectivity index (χ4v) is 4.31. The van der Waals surface area contributed by atoms with E-state index in [2.05, 4.69) is 29.4 Å². The molecule has 1 aliphatic heterocycles. The molecule has 30 heavy (non-hydrogen) atoms. The van der Waals surface area contributed by atoms with Crippen molar-refractivity contribution < 1.29 is 14.4 Å². The summed E-state index contributed by atoms with van der Waals surface area (Å²) < 4.78 is 0. The minimum atomic E-state index is -0.184. The number of piperidine rings is 1. The lowest BCUT2D eigenvalue weighted by molar-refractivity contribution is -0.117. The number of hydrogen-bond acceptors (Lipinski definition) is 5. The molecule has 0 bridgehead atoms. The van der Waals surface area contributed by atoms with Crippen molar-refractivity contribution in [2.45, 2.75) is 38.8 Å². The summed E-state index contributed by atoms with van der Waals surface area (Å²) in [4.78, 5) is 40.2. The lowest BCUT2D eigenvalue weighted by Gasteiger charge is -2.33. The van der Waals surface area contributed by atoms with Crippen molar-refractivity contribution in [2.75, 3.05) is 25.0 Å². The zero-order valence-corrected chi connectivity index (χ0v) is 17.4. The quantitative estimate of drug-likeness (QED) is 0.683. The third-order valence-electron chi connectivity index (χ3n) is 5.73. The summed E-state index contributed by atoms with van der Waals surface area (Å²) in [6.07, 6.45) is 2.06. The van der Waals surface area contributed by atoms with Crippen LogP contribution in [0.1, 0.15) is 58.5 Å². The van der Waals surface area contributed by atoms with Gasteiger partial charge in [0.2, 0.25) is 5.91 Å². The van der Waals surface area contributed by atoms with E-state index in [0.29, 0.717) is 46.6 Å². The number of carbonyl (C=O) groups excluding carboxylic acids is 3. The lowest BCUT2D eigenvalue weighted by atomic mass is 9.84. The van der Waals surface area contributed by atoms with Gasteiger partial charge in [0.05, 0.1) is 6.54 Å². The van der Waals surface area contributed by atoms with Gasteiger partial charge in [-0.05, 0) is 31.0 Å². The van der Waals surface area contributed by atoms with Gasteiger partial charge in [-0.3, -0.25) is 19.3 Å². The molecule has 0 aromatic heterocycles. The predicted molar refractivity (Wildman–Crippen MR) is 116 cm³/mol. The van der Waals surface area contributed by atoms with Crippen molar-refractivity contribution in [2.24, 2.45) is 0 Å². The number of carbonyl (C=O) groups is 3. The van der Waals surface area contributed by atoms with Crippen LogP contribution in [0.4, 0.5) is 5.69 Å². The normalized spacial score (nSPS) is 17.0. The Hall–Kier alpha value is -2.83. The van der Waals surface area contributed by atoms with Crippen LogP contribution in [0.25, 0.3) is 0 Å². The highest BCUT2D eigenvalue weighted by Gasteiger charge is 2.29. The highest BCUT2D eigenvalue weighted by Crippen LogP contribution is 2.29. The first-order chi connectivity index (χ1) is 14.4. The van der Waals surface area contributed by atoms with Crippen molar-refractivity contribution in [1.82, 2.24) is 10.2 Å². The second-order valence-corrected chi connectivity index (χ2v) is 8.38. The predicted octanol–water partition coefficient (Wildman–Crippen LogP) is 2.86. The van der Waals surface area contributed by atoms with E-state index in [-0.39, 0.29) is 17.5 Å². The largest absolute Gasteiger partial charge is 0.325 e. The Morgan fingerprint density at radius 2 is 1.57 bits per heavy atom. The summed E-state index contributed by atoms with van der Waals surface area (Å²) >= 11 is 0. The van der Waals surface area contributed by atoms with Gasteiger partial charge in [-0.25, -0.2) is 0 Å². The van der Waals surface area contributed by atoms with Gasteiger partial charge in [0, 0.05) is 53.1 Å². The minimum Gasteiger partial charge on any atom is -0.325 e. The van der Waals surface area contributed by atoms with Crippen molar-refractivity contribution in [3.05, 3.63) is 64.7 Å². The zero-order chi connectivity index (χ0) is 21.3. The van der Waals surface area contributed by atoms with Gasteiger partial charge in [0.15, 0.2) is 11.6 Å². The molecule has 156 valence electrons. The molecule has 0 radical (unpaired) electrons. The van der Waals surface area contributed by atoms with Crippen LogP contribution in [0, 0.1) is 0 Å². The highest BCUT2D eigenvalue weighted by molar-refractivity contribution is 6.28. The molecule has 1 heterocycles. The maximum atomic E-state index is 12.8. The Bertz CT molecular complexity index is 991.